The SMILES string of the molecule is CO[C@H]1CC[C@@H](N2CCC(Nc3cc(C)ccc3N=O)CC2)CC1. The summed E-state index contributed by atoms with van der Waals surface area (Å²) in [6, 6.07) is 6.91. The maximum Gasteiger partial charge on any atom is 0.131 e. The number of hydrogen-bond acceptors (Lipinski definition) is 5. The highest BCUT2D eigenvalue weighted by atomic mass is 16.5. The van der Waals surface area contributed by atoms with Gasteiger partial charge in [-0.15, -0.1) is 4.91 Å². The Kier molecular flexibility index (Phi) is 5.85. The highest BCUT2D eigenvalue weighted by Gasteiger charge is 2.29. The number of hydrogen-bond donors (Lipinski definition) is 1. The molecular weight excluding hydrogens is 302 g/mol. The quantitative estimate of drug-likeness (QED) is 0.821. The van der Waals surface area contributed by atoms with E-state index in [1.807, 2.05) is 26.2 Å². The largest absolute Gasteiger partial charge is 0.381 e. The van der Waals surface area contributed by atoms with E-state index in [4.69, 9.17) is 4.74 Å². The van der Waals surface area contributed by atoms with Crippen molar-refractivity contribution in [2.24, 2.45) is 5.18 Å². The van der Waals surface area contributed by atoms with Gasteiger partial charge in [-0.1, -0.05) is 6.07 Å². The molecule has 1 aliphatic heterocycles. The first-order chi connectivity index (χ1) is 11.7. The average Bonchev–Trinajstić information content (AvgIpc) is 2.63. The van der Waals surface area contributed by atoms with E-state index < -0.39 is 0 Å². The van der Waals surface area contributed by atoms with Crippen LogP contribution < -0.4 is 5.32 Å². The fourth-order valence-electron chi connectivity index (χ4n) is 4.12. The molecule has 2 fully saturated rings. The van der Waals surface area contributed by atoms with Crippen molar-refractivity contribution >= 4 is 11.4 Å². The molecule has 2 aliphatic rings. The van der Waals surface area contributed by atoms with Gasteiger partial charge in [-0.3, -0.25) is 0 Å². The molecule has 0 amide bonds. The second kappa shape index (κ2) is 8.08. The van der Waals surface area contributed by atoms with Crippen LogP contribution in [0.1, 0.15) is 44.1 Å². The molecule has 0 unspecified atom stereocenters. The van der Waals surface area contributed by atoms with Gasteiger partial charge in [-0.2, -0.15) is 0 Å². The predicted octanol–water partition coefficient (Wildman–Crippen LogP) is 4.23. The summed E-state index contributed by atoms with van der Waals surface area (Å²) in [4.78, 5) is 13.6. The lowest BCUT2D eigenvalue weighted by atomic mass is 9.90. The highest BCUT2D eigenvalue weighted by Crippen LogP contribution is 2.30. The molecule has 5 nitrogen and oxygen atoms in total. The molecule has 1 N–H and O–H groups in total. The standard InChI is InChI=1S/C19H29N3O2/c1-14-3-8-18(21-23)19(13-14)20-15-9-11-22(12-10-15)16-4-6-17(24-2)7-5-16/h3,8,13,15-17,20H,4-7,9-12H2,1-2H3/t16-,17+. The Labute approximate surface area is 144 Å². The molecule has 24 heavy (non-hydrogen) atoms. The third kappa shape index (κ3) is 4.14. The van der Waals surface area contributed by atoms with E-state index in [9.17, 15) is 4.91 Å². The molecule has 0 bridgehead atoms. The number of benzene rings is 1. The van der Waals surface area contributed by atoms with Gasteiger partial charge in [-0.25, -0.2) is 0 Å². The predicted molar refractivity (Wildman–Crippen MR) is 97.9 cm³/mol. The van der Waals surface area contributed by atoms with Crippen LogP contribution in [0.15, 0.2) is 23.4 Å². The molecule has 1 aliphatic carbocycles. The van der Waals surface area contributed by atoms with Gasteiger partial charge >= 0.3 is 0 Å². The topological polar surface area (TPSA) is 53.9 Å². The Morgan fingerprint density at radius 1 is 1.12 bits per heavy atom. The van der Waals surface area contributed by atoms with Crippen molar-refractivity contribution in [1.29, 1.82) is 0 Å². The summed E-state index contributed by atoms with van der Waals surface area (Å²) in [5.41, 5.74) is 2.54. The van der Waals surface area contributed by atoms with Crippen LogP contribution in [0.4, 0.5) is 11.4 Å². The van der Waals surface area contributed by atoms with Crippen LogP contribution in [0.25, 0.3) is 0 Å². The number of nitrogens with one attached hydrogen (secondary N) is 1. The lowest BCUT2D eigenvalue weighted by Gasteiger charge is -2.41. The molecular formula is C19H29N3O2. The molecule has 1 heterocycles. The van der Waals surface area contributed by atoms with Crippen molar-refractivity contribution in [3.63, 3.8) is 0 Å². The van der Waals surface area contributed by atoms with Crippen LogP contribution in [0.5, 0.6) is 0 Å². The van der Waals surface area contributed by atoms with Gasteiger partial charge in [0.15, 0.2) is 0 Å². The van der Waals surface area contributed by atoms with Gasteiger partial charge in [-0.05, 0) is 68.3 Å². The Balaban J connectivity index is 1.51. The third-order valence-corrected chi connectivity index (χ3v) is 5.63. The summed E-state index contributed by atoms with van der Waals surface area (Å²) in [6.07, 6.45) is 7.61. The lowest BCUT2D eigenvalue weighted by Crippen LogP contribution is -2.46. The first-order valence-corrected chi connectivity index (χ1v) is 9.17. The van der Waals surface area contributed by atoms with Gasteiger partial charge in [0.25, 0.3) is 0 Å². The van der Waals surface area contributed by atoms with Gasteiger partial charge in [0.1, 0.15) is 5.69 Å². The second-order valence-corrected chi connectivity index (χ2v) is 7.23. The summed E-state index contributed by atoms with van der Waals surface area (Å²) in [5.74, 6) is 0. The number of aryl methyl sites for hydroxylation is 1. The smallest absolute Gasteiger partial charge is 0.131 e. The Bertz CT molecular complexity index is 548. The van der Waals surface area contributed by atoms with Crippen LogP contribution in [0.3, 0.4) is 0 Å². The minimum absolute atomic E-state index is 0.430. The van der Waals surface area contributed by atoms with E-state index in [1.54, 1.807) is 6.07 Å². The molecule has 3 rings (SSSR count). The maximum atomic E-state index is 11.0. The zero-order valence-electron chi connectivity index (χ0n) is 14.8. The van der Waals surface area contributed by atoms with Gasteiger partial charge in [0.2, 0.25) is 0 Å². The summed E-state index contributed by atoms with van der Waals surface area (Å²) in [6.45, 7) is 4.31. The Morgan fingerprint density at radius 2 is 1.83 bits per heavy atom. The molecule has 0 aromatic heterocycles. The number of nitroso groups, excluding NO2 is 1. The third-order valence-electron chi connectivity index (χ3n) is 5.63. The number of ether oxygens (including phenoxy) is 1. The summed E-state index contributed by atoms with van der Waals surface area (Å²) < 4.78 is 5.48. The minimum Gasteiger partial charge on any atom is -0.381 e. The van der Waals surface area contributed by atoms with Crippen LogP contribution in [-0.4, -0.2) is 43.3 Å². The Morgan fingerprint density at radius 3 is 2.46 bits per heavy atom. The van der Waals surface area contributed by atoms with E-state index in [0.717, 1.165) is 43.2 Å². The fourth-order valence-corrected chi connectivity index (χ4v) is 4.12. The number of rotatable bonds is 5. The van der Waals surface area contributed by atoms with E-state index in [0.29, 0.717) is 17.8 Å². The van der Waals surface area contributed by atoms with Crippen molar-refractivity contribution < 1.29 is 4.74 Å². The van der Waals surface area contributed by atoms with Crippen molar-refractivity contribution in [2.45, 2.75) is 63.6 Å². The molecule has 0 atom stereocenters. The van der Waals surface area contributed by atoms with Gasteiger partial charge in [0.05, 0.1) is 11.8 Å². The molecule has 1 aromatic carbocycles. The van der Waals surface area contributed by atoms with Crippen LogP contribution in [0, 0.1) is 11.8 Å². The highest BCUT2D eigenvalue weighted by molar-refractivity contribution is 5.66. The zero-order valence-corrected chi connectivity index (χ0v) is 14.8. The number of anilines is 1. The monoisotopic (exact) mass is 331 g/mol. The van der Waals surface area contributed by atoms with E-state index >= 15 is 0 Å². The number of nitrogens with zero attached hydrogens (tertiary/aromatic N) is 2. The first kappa shape index (κ1) is 17.4. The zero-order chi connectivity index (χ0) is 16.9. The molecule has 1 aromatic rings. The van der Waals surface area contributed by atoms with Crippen molar-refractivity contribution in [2.75, 3.05) is 25.5 Å². The number of likely N-dealkylation sites (tertiary alicyclic amines) is 1. The molecule has 0 spiro atoms. The second-order valence-electron chi connectivity index (χ2n) is 7.23. The van der Waals surface area contributed by atoms with Gasteiger partial charge in [0, 0.05) is 32.3 Å². The molecule has 0 radical (unpaired) electrons. The summed E-state index contributed by atoms with van der Waals surface area (Å²) in [5, 5.41) is 6.69. The molecule has 1 saturated carbocycles. The molecule has 5 heteroatoms. The van der Waals surface area contributed by atoms with Crippen molar-refractivity contribution in [1.82, 2.24) is 4.90 Å². The van der Waals surface area contributed by atoms with Crippen molar-refractivity contribution in [3.05, 3.63) is 28.7 Å². The van der Waals surface area contributed by atoms with Crippen molar-refractivity contribution in [3.8, 4) is 0 Å². The molecule has 1 saturated heterocycles. The Hall–Kier alpha value is -1.46. The number of piperidine rings is 1. The number of methoxy groups -OCH3 is 1. The average molecular weight is 331 g/mol. The van der Waals surface area contributed by atoms with E-state index in [2.05, 4.69) is 15.4 Å². The van der Waals surface area contributed by atoms with Crippen LogP contribution >= 0.6 is 0 Å². The van der Waals surface area contributed by atoms with Crippen LogP contribution in [0.2, 0.25) is 0 Å². The van der Waals surface area contributed by atoms with E-state index in [-0.39, 0.29) is 0 Å². The van der Waals surface area contributed by atoms with E-state index in [1.165, 1.54) is 25.7 Å². The minimum atomic E-state index is 0.430. The summed E-state index contributed by atoms with van der Waals surface area (Å²) >= 11 is 0. The lowest BCUT2D eigenvalue weighted by molar-refractivity contribution is 0.0329. The normalized spacial score (nSPS) is 26.2. The van der Waals surface area contributed by atoms with Crippen LogP contribution in [-0.2, 0) is 4.74 Å². The maximum absolute atomic E-state index is 11.0. The molecule has 132 valence electrons. The first-order valence-electron chi connectivity index (χ1n) is 9.17. The fraction of sp³-hybridized carbons (Fsp3) is 0.684. The summed E-state index contributed by atoms with van der Waals surface area (Å²) in [7, 11) is 1.83. The van der Waals surface area contributed by atoms with Gasteiger partial charge < -0.3 is 15.0 Å².